The molecule has 5 heterocycles. The molecule has 0 unspecified atom stereocenters. The second-order valence-corrected chi connectivity index (χ2v) is 11.0. The summed E-state index contributed by atoms with van der Waals surface area (Å²) in [4.78, 5) is 31.2. The number of pyridine rings is 1. The monoisotopic (exact) mass is 607 g/mol. The predicted octanol–water partition coefficient (Wildman–Crippen LogP) is 6.02. The van der Waals surface area contributed by atoms with Crippen LogP contribution in [0.1, 0.15) is 43.4 Å². The van der Waals surface area contributed by atoms with Gasteiger partial charge in [0, 0.05) is 48.0 Å². The number of halogens is 3. The van der Waals surface area contributed by atoms with Crippen LogP contribution in [-0.4, -0.2) is 35.7 Å². The zero-order valence-electron chi connectivity index (χ0n) is 22.5. The fourth-order valence-electron chi connectivity index (χ4n) is 5.27. The molecule has 0 aliphatic carbocycles. The van der Waals surface area contributed by atoms with Crippen molar-refractivity contribution in [1.29, 1.82) is 0 Å². The fraction of sp³-hybridized carbons (Fsp3) is 0.241. The first kappa shape index (κ1) is 27.8. The third-order valence-corrected chi connectivity index (χ3v) is 7.92. The van der Waals surface area contributed by atoms with E-state index in [-0.39, 0.29) is 44.4 Å². The maximum atomic E-state index is 15.4. The molecule has 214 valence electrons. The summed E-state index contributed by atoms with van der Waals surface area (Å²) in [6, 6.07) is 7.86. The van der Waals surface area contributed by atoms with Crippen molar-refractivity contribution in [3.05, 3.63) is 92.7 Å². The number of benzene rings is 1. The first-order valence-electron chi connectivity index (χ1n) is 13.2. The number of fused-ring (bicyclic) bond motifs is 4. The Bertz CT molecular complexity index is 1880. The number of nitrogens with zero attached hydrogens (tertiary/aromatic N) is 6. The molecule has 10 nitrogen and oxygen atoms in total. The molecule has 0 fully saturated rings. The summed E-state index contributed by atoms with van der Waals surface area (Å²) in [5.74, 6) is -1.63. The first-order chi connectivity index (χ1) is 20.2. The van der Waals surface area contributed by atoms with E-state index in [0.717, 1.165) is 11.3 Å². The van der Waals surface area contributed by atoms with E-state index < -0.39 is 11.7 Å². The van der Waals surface area contributed by atoms with Gasteiger partial charge in [-0.3, -0.25) is 19.3 Å². The third kappa shape index (κ3) is 5.10. The van der Waals surface area contributed by atoms with Crippen molar-refractivity contribution >= 4 is 34.8 Å². The van der Waals surface area contributed by atoms with Crippen molar-refractivity contribution in [2.24, 2.45) is 13.0 Å². The normalized spacial score (nSPS) is 17.2. The molecule has 4 aromatic heterocycles. The van der Waals surface area contributed by atoms with Gasteiger partial charge in [0.25, 0.3) is 0 Å². The number of nitrogens with one attached hydrogen (secondary N) is 1. The number of carbonyl (C=O) groups excluding carboxylic acids is 1. The molecular weight excluding hydrogens is 584 g/mol. The molecule has 0 radical (unpaired) electrons. The molecule has 0 saturated carbocycles. The lowest BCUT2D eigenvalue weighted by Gasteiger charge is -2.20. The average Bonchev–Trinajstić information content (AvgIpc) is 3.57. The molecular formula is C29H24Cl2FN7O3. The molecule has 6 rings (SSSR count). The van der Waals surface area contributed by atoms with Gasteiger partial charge in [-0.25, -0.2) is 9.07 Å². The Balaban J connectivity index is 1.46. The van der Waals surface area contributed by atoms with Gasteiger partial charge in [0.05, 0.1) is 46.3 Å². The maximum Gasteiger partial charge on any atom is 0.227 e. The van der Waals surface area contributed by atoms with Crippen LogP contribution in [0.25, 0.3) is 28.3 Å². The molecule has 0 saturated heterocycles. The van der Waals surface area contributed by atoms with Gasteiger partial charge in [-0.05, 0) is 37.1 Å². The van der Waals surface area contributed by atoms with E-state index in [0.29, 0.717) is 36.2 Å². The SMILES string of the molecule is C[C@@H]1CCC[C@H](c2coc(-c3c(-n4cc(Cl)nn4)ccc(Cl)c3F)cc2=O)c2cc(ccn2)-c2c(cnn2C)NC1=O. The van der Waals surface area contributed by atoms with E-state index in [4.69, 9.17) is 27.6 Å². The highest BCUT2D eigenvalue weighted by molar-refractivity contribution is 6.31. The molecule has 1 aliphatic rings. The van der Waals surface area contributed by atoms with Gasteiger partial charge in [-0.15, -0.1) is 5.10 Å². The van der Waals surface area contributed by atoms with E-state index in [1.165, 1.54) is 35.3 Å². The van der Waals surface area contributed by atoms with Crippen LogP contribution in [0, 0.1) is 11.7 Å². The summed E-state index contributed by atoms with van der Waals surface area (Å²) in [6.07, 6.45) is 7.80. The molecule has 2 bridgehead atoms. The van der Waals surface area contributed by atoms with E-state index >= 15 is 4.39 Å². The standard InChI is InChI=1S/C29H24Cl2FN7O3/c1-15-4-3-5-17(20-10-16(8-9-33-20)28-21(35-29(15)41)12-34-38(28)2)18-14-42-24(11-23(18)40)26-22(7-6-19(30)27(26)32)39-13-25(31)36-37-39/h6-15,17H,3-5H2,1-2H3,(H,35,41)/t15-,17-/m1/s1. The van der Waals surface area contributed by atoms with Crippen LogP contribution in [0.2, 0.25) is 10.2 Å². The highest BCUT2D eigenvalue weighted by Gasteiger charge is 2.26. The Hall–Kier alpha value is -4.35. The van der Waals surface area contributed by atoms with Crippen molar-refractivity contribution in [3.8, 4) is 28.3 Å². The minimum Gasteiger partial charge on any atom is -0.464 e. The molecule has 1 amide bonds. The van der Waals surface area contributed by atoms with Crippen molar-refractivity contribution < 1.29 is 13.6 Å². The van der Waals surface area contributed by atoms with Gasteiger partial charge in [0.15, 0.2) is 16.4 Å². The van der Waals surface area contributed by atoms with Crippen LogP contribution in [0.3, 0.4) is 0 Å². The second-order valence-electron chi connectivity index (χ2n) is 10.2. The molecule has 5 aromatic rings. The van der Waals surface area contributed by atoms with Crippen LogP contribution < -0.4 is 10.7 Å². The smallest absolute Gasteiger partial charge is 0.227 e. The van der Waals surface area contributed by atoms with E-state index in [1.54, 1.807) is 24.1 Å². The number of hydrogen-bond acceptors (Lipinski definition) is 7. The number of anilines is 1. The van der Waals surface area contributed by atoms with E-state index in [9.17, 15) is 9.59 Å². The quantitative estimate of drug-likeness (QED) is 0.266. The molecule has 2 atom stereocenters. The lowest BCUT2D eigenvalue weighted by molar-refractivity contribution is -0.119. The number of rotatable bonds is 3. The summed E-state index contributed by atoms with van der Waals surface area (Å²) in [7, 11) is 1.79. The second kappa shape index (κ2) is 11.1. The van der Waals surface area contributed by atoms with Crippen LogP contribution in [0.4, 0.5) is 10.1 Å². The Labute approximate surface area is 249 Å². The van der Waals surface area contributed by atoms with Crippen molar-refractivity contribution in [2.75, 3.05) is 5.32 Å². The fourth-order valence-corrected chi connectivity index (χ4v) is 5.55. The molecule has 1 aromatic carbocycles. The highest BCUT2D eigenvalue weighted by Crippen LogP contribution is 2.36. The number of hydrogen-bond donors (Lipinski definition) is 1. The van der Waals surface area contributed by atoms with Crippen LogP contribution in [0.15, 0.2) is 64.4 Å². The van der Waals surface area contributed by atoms with Gasteiger partial charge >= 0.3 is 0 Å². The van der Waals surface area contributed by atoms with Crippen LogP contribution in [-0.2, 0) is 11.8 Å². The number of aryl methyl sites for hydroxylation is 1. The first-order valence-corrected chi connectivity index (χ1v) is 14.0. The lowest BCUT2D eigenvalue weighted by atomic mass is 9.88. The van der Waals surface area contributed by atoms with Crippen molar-refractivity contribution in [1.82, 2.24) is 29.8 Å². The summed E-state index contributed by atoms with van der Waals surface area (Å²) in [5.41, 5.74) is 2.93. The number of aromatic nitrogens is 6. The largest absolute Gasteiger partial charge is 0.464 e. The zero-order chi connectivity index (χ0) is 29.5. The molecule has 13 heteroatoms. The average molecular weight is 608 g/mol. The topological polar surface area (TPSA) is 121 Å². The number of amides is 1. The van der Waals surface area contributed by atoms with Gasteiger partial charge in [0.1, 0.15) is 5.76 Å². The minimum absolute atomic E-state index is 0.0370. The molecule has 42 heavy (non-hydrogen) atoms. The molecule has 0 spiro atoms. The van der Waals surface area contributed by atoms with Crippen LogP contribution in [0.5, 0.6) is 0 Å². The van der Waals surface area contributed by atoms with Crippen molar-refractivity contribution in [2.45, 2.75) is 32.1 Å². The van der Waals surface area contributed by atoms with E-state index in [1.807, 2.05) is 19.1 Å². The van der Waals surface area contributed by atoms with Crippen LogP contribution >= 0.6 is 23.2 Å². The summed E-state index contributed by atoms with van der Waals surface area (Å²) >= 11 is 12.0. The Morgan fingerprint density at radius 2 is 1.98 bits per heavy atom. The summed E-state index contributed by atoms with van der Waals surface area (Å²) in [6.45, 7) is 1.87. The maximum absolute atomic E-state index is 15.4. The van der Waals surface area contributed by atoms with Gasteiger partial charge in [-0.2, -0.15) is 5.10 Å². The summed E-state index contributed by atoms with van der Waals surface area (Å²) < 4.78 is 24.3. The zero-order valence-corrected chi connectivity index (χ0v) is 24.0. The molecule has 1 aliphatic heterocycles. The Kier molecular flexibility index (Phi) is 7.38. The minimum atomic E-state index is -0.781. The van der Waals surface area contributed by atoms with E-state index in [2.05, 4.69) is 25.7 Å². The number of carbonyl (C=O) groups is 1. The Morgan fingerprint density at radius 3 is 2.74 bits per heavy atom. The lowest BCUT2D eigenvalue weighted by Crippen LogP contribution is -2.22. The van der Waals surface area contributed by atoms with Crippen molar-refractivity contribution in [3.63, 3.8) is 0 Å². The summed E-state index contributed by atoms with van der Waals surface area (Å²) in [5, 5.41) is 14.9. The third-order valence-electron chi connectivity index (χ3n) is 7.45. The van der Waals surface area contributed by atoms with Gasteiger partial charge < -0.3 is 9.73 Å². The van der Waals surface area contributed by atoms with Gasteiger partial charge in [-0.1, -0.05) is 41.8 Å². The molecule has 1 N–H and O–H groups in total. The van der Waals surface area contributed by atoms with Gasteiger partial charge in [0.2, 0.25) is 5.91 Å². The highest BCUT2D eigenvalue weighted by atomic mass is 35.5. The Morgan fingerprint density at radius 1 is 1.14 bits per heavy atom. The predicted molar refractivity (Wildman–Crippen MR) is 155 cm³/mol.